The third kappa shape index (κ3) is 4.70. The van der Waals surface area contributed by atoms with Crippen molar-refractivity contribution in [3.05, 3.63) is 64.7 Å². The topological polar surface area (TPSA) is 37.4 Å². The number of rotatable bonds is 3. The molecule has 0 N–H and O–H groups in total. The van der Waals surface area contributed by atoms with Crippen molar-refractivity contribution in [2.24, 2.45) is 0 Å². The van der Waals surface area contributed by atoms with Crippen molar-refractivity contribution < 1.29 is 8.42 Å². The lowest BCUT2D eigenvalue weighted by molar-refractivity contribution is 0.428. The Labute approximate surface area is 172 Å². The van der Waals surface area contributed by atoms with Crippen LogP contribution in [0.25, 0.3) is 0 Å². The lowest BCUT2D eigenvalue weighted by Crippen LogP contribution is -2.33. The van der Waals surface area contributed by atoms with Crippen LogP contribution >= 0.6 is 23.4 Å². The van der Waals surface area contributed by atoms with Crippen LogP contribution in [0, 0.1) is 0 Å². The Morgan fingerprint density at radius 3 is 2.33 bits per heavy atom. The van der Waals surface area contributed by atoms with Gasteiger partial charge in [0.25, 0.3) is 0 Å². The van der Waals surface area contributed by atoms with Gasteiger partial charge in [-0.15, -0.1) is 0 Å². The molecule has 6 heteroatoms. The van der Waals surface area contributed by atoms with Crippen LogP contribution in [0.2, 0.25) is 5.02 Å². The fourth-order valence-corrected chi connectivity index (χ4v) is 6.42. The van der Waals surface area contributed by atoms with E-state index in [4.69, 9.17) is 11.6 Å². The largest absolute Gasteiger partial charge is 0.243 e. The molecular weight excluding hydrogens is 398 g/mol. The molecule has 2 aromatic rings. The number of nitrogens with zero attached hydrogens (tertiary/aromatic N) is 1. The number of halogens is 1. The summed E-state index contributed by atoms with van der Waals surface area (Å²) in [6, 6.07) is 15.2. The molecule has 0 bridgehead atoms. The average molecular weight is 424 g/mol. The van der Waals surface area contributed by atoms with Crippen LogP contribution < -0.4 is 0 Å². The Hall–Kier alpha value is -1.01. The molecule has 1 aliphatic heterocycles. The molecule has 2 aromatic carbocycles. The van der Waals surface area contributed by atoms with Crippen LogP contribution in [0.1, 0.15) is 43.6 Å². The molecule has 0 spiro atoms. The molecule has 0 saturated carbocycles. The number of sulfonamides is 1. The van der Waals surface area contributed by atoms with Crippen LogP contribution in [0.4, 0.5) is 0 Å². The molecule has 1 aliphatic rings. The van der Waals surface area contributed by atoms with Gasteiger partial charge < -0.3 is 0 Å². The lowest BCUT2D eigenvalue weighted by Gasteiger charge is -2.22. The van der Waals surface area contributed by atoms with E-state index in [0.717, 1.165) is 28.3 Å². The van der Waals surface area contributed by atoms with E-state index in [0.29, 0.717) is 18.0 Å². The number of benzene rings is 2. The van der Waals surface area contributed by atoms with E-state index in [9.17, 15) is 8.42 Å². The summed E-state index contributed by atoms with van der Waals surface area (Å²) in [5.74, 6) is 0.759. The van der Waals surface area contributed by atoms with Crippen LogP contribution in [-0.4, -0.2) is 31.6 Å². The lowest BCUT2D eigenvalue weighted by atomic mass is 9.87. The summed E-state index contributed by atoms with van der Waals surface area (Å²) in [6.07, 6.45) is 0.758. The van der Waals surface area contributed by atoms with Crippen LogP contribution in [-0.2, 0) is 15.4 Å². The van der Waals surface area contributed by atoms with Gasteiger partial charge in [0.05, 0.1) is 4.90 Å². The summed E-state index contributed by atoms with van der Waals surface area (Å²) in [7, 11) is -3.48. The van der Waals surface area contributed by atoms with Gasteiger partial charge in [-0.2, -0.15) is 16.1 Å². The quantitative estimate of drug-likeness (QED) is 0.653. The smallest absolute Gasteiger partial charge is 0.207 e. The second kappa shape index (κ2) is 8.16. The molecule has 146 valence electrons. The first kappa shape index (κ1) is 20.7. The van der Waals surface area contributed by atoms with Crippen molar-refractivity contribution in [2.45, 2.75) is 42.8 Å². The molecular formula is C21H26ClNO2S2. The molecule has 3 rings (SSSR count). The van der Waals surface area contributed by atoms with Gasteiger partial charge in [-0.25, -0.2) is 8.42 Å². The first-order chi connectivity index (χ1) is 12.7. The Morgan fingerprint density at radius 1 is 1.04 bits per heavy atom. The summed E-state index contributed by atoms with van der Waals surface area (Å²) in [5, 5.41) is 0.978. The van der Waals surface area contributed by atoms with E-state index < -0.39 is 10.0 Å². The molecule has 0 amide bonds. The molecule has 1 unspecified atom stereocenters. The fraction of sp³-hybridized carbons (Fsp3) is 0.429. The maximum atomic E-state index is 13.1. The zero-order valence-electron chi connectivity index (χ0n) is 16.0. The first-order valence-corrected chi connectivity index (χ1v) is 12.0. The fourth-order valence-electron chi connectivity index (χ4n) is 3.25. The summed E-state index contributed by atoms with van der Waals surface area (Å²) in [5.41, 5.74) is 2.23. The van der Waals surface area contributed by atoms with Gasteiger partial charge in [-0.3, -0.25) is 0 Å². The van der Waals surface area contributed by atoms with E-state index in [1.165, 1.54) is 0 Å². The predicted octanol–water partition coefficient (Wildman–Crippen LogP) is 5.51. The first-order valence-electron chi connectivity index (χ1n) is 9.16. The second-order valence-electron chi connectivity index (χ2n) is 7.85. The third-order valence-electron chi connectivity index (χ3n) is 4.91. The molecule has 1 heterocycles. The van der Waals surface area contributed by atoms with E-state index in [1.807, 2.05) is 36.4 Å². The van der Waals surface area contributed by atoms with Crippen molar-refractivity contribution in [1.29, 1.82) is 0 Å². The molecule has 27 heavy (non-hydrogen) atoms. The zero-order chi connectivity index (χ0) is 19.7. The van der Waals surface area contributed by atoms with Gasteiger partial charge in [-0.05, 0) is 41.2 Å². The average Bonchev–Trinajstić information content (AvgIpc) is 2.88. The van der Waals surface area contributed by atoms with E-state index >= 15 is 0 Å². The van der Waals surface area contributed by atoms with Crippen molar-refractivity contribution in [3.8, 4) is 0 Å². The van der Waals surface area contributed by atoms with Gasteiger partial charge in [0.2, 0.25) is 10.0 Å². The van der Waals surface area contributed by atoms with Crippen molar-refractivity contribution in [3.63, 3.8) is 0 Å². The van der Waals surface area contributed by atoms with Gasteiger partial charge in [0.1, 0.15) is 0 Å². The van der Waals surface area contributed by atoms with Gasteiger partial charge in [0.15, 0.2) is 0 Å². The highest BCUT2D eigenvalue weighted by Gasteiger charge is 2.29. The van der Waals surface area contributed by atoms with E-state index in [-0.39, 0.29) is 10.7 Å². The molecule has 0 radical (unpaired) electrons. The molecule has 1 saturated heterocycles. The second-order valence-corrected chi connectivity index (χ2v) is 11.5. The highest BCUT2D eigenvalue weighted by molar-refractivity contribution is 7.99. The van der Waals surface area contributed by atoms with E-state index in [1.54, 1.807) is 28.2 Å². The van der Waals surface area contributed by atoms with Crippen molar-refractivity contribution in [1.82, 2.24) is 4.31 Å². The summed E-state index contributed by atoms with van der Waals surface area (Å²) >= 11 is 8.12. The number of thioether (sulfide) groups is 1. The Kier molecular flexibility index (Phi) is 6.26. The van der Waals surface area contributed by atoms with Crippen LogP contribution in [0.3, 0.4) is 0 Å². The Bertz CT molecular complexity index is 889. The van der Waals surface area contributed by atoms with Gasteiger partial charge in [-0.1, -0.05) is 62.7 Å². The van der Waals surface area contributed by atoms with Gasteiger partial charge >= 0.3 is 0 Å². The molecule has 1 atom stereocenters. The summed E-state index contributed by atoms with van der Waals surface area (Å²) in [6.45, 7) is 7.40. The molecule has 0 aliphatic carbocycles. The minimum atomic E-state index is -3.48. The maximum absolute atomic E-state index is 13.1. The molecule has 3 nitrogen and oxygen atoms in total. The van der Waals surface area contributed by atoms with Crippen LogP contribution in [0.5, 0.6) is 0 Å². The van der Waals surface area contributed by atoms with Gasteiger partial charge in [0, 0.05) is 29.1 Å². The Balaban J connectivity index is 1.77. The zero-order valence-corrected chi connectivity index (χ0v) is 18.4. The number of hydrogen-bond donors (Lipinski definition) is 0. The minimum Gasteiger partial charge on any atom is -0.207 e. The normalized spacial score (nSPS) is 19.6. The van der Waals surface area contributed by atoms with Crippen LogP contribution in [0.15, 0.2) is 53.4 Å². The standard InChI is InChI=1S/C21H26ClNO2S2/c1-21(2,3)16-8-10-17(11-9-16)27(24,25)23-13-12-20(26-15-14-23)18-6-4-5-7-19(18)22/h4-11,20H,12-15H2,1-3H3. The third-order valence-corrected chi connectivity index (χ3v) is 8.48. The maximum Gasteiger partial charge on any atom is 0.243 e. The molecule has 0 aromatic heterocycles. The molecule has 1 fully saturated rings. The SMILES string of the molecule is CC(C)(C)c1ccc(S(=O)(=O)N2CCSC(c3ccccc3Cl)CC2)cc1. The number of hydrogen-bond acceptors (Lipinski definition) is 3. The van der Waals surface area contributed by atoms with Crippen molar-refractivity contribution >= 4 is 33.4 Å². The predicted molar refractivity (Wildman–Crippen MR) is 115 cm³/mol. The summed E-state index contributed by atoms with van der Waals surface area (Å²) < 4.78 is 27.8. The van der Waals surface area contributed by atoms with E-state index in [2.05, 4.69) is 20.8 Å². The minimum absolute atomic E-state index is 0.00368. The Morgan fingerprint density at radius 2 is 1.70 bits per heavy atom. The monoisotopic (exact) mass is 423 g/mol. The van der Waals surface area contributed by atoms with Crippen molar-refractivity contribution in [2.75, 3.05) is 18.8 Å². The summed E-state index contributed by atoms with van der Waals surface area (Å²) in [4.78, 5) is 0.372. The highest BCUT2D eigenvalue weighted by atomic mass is 35.5. The highest BCUT2D eigenvalue weighted by Crippen LogP contribution is 2.38.